The number of halogens is 2. The molecule has 0 saturated heterocycles. The molecule has 0 aromatic heterocycles. The number of carbonyl (C=O) groups is 1. The Morgan fingerprint density at radius 2 is 1.81 bits per heavy atom. The molecule has 0 radical (unpaired) electrons. The molecule has 2 rings (SSSR count). The van der Waals surface area contributed by atoms with Gasteiger partial charge in [0.15, 0.2) is 0 Å². The third-order valence-corrected chi connectivity index (χ3v) is 3.81. The molecular formula is C16H16Cl2N2O. The molecule has 1 unspecified atom stereocenters. The predicted molar refractivity (Wildman–Crippen MR) is 88.0 cm³/mol. The van der Waals surface area contributed by atoms with Gasteiger partial charge in [0, 0.05) is 11.7 Å². The van der Waals surface area contributed by atoms with Gasteiger partial charge in [-0.2, -0.15) is 0 Å². The van der Waals surface area contributed by atoms with Crippen LogP contribution in [0.4, 0.5) is 5.69 Å². The van der Waals surface area contributed by atoms with Gasteiger partial charge >= 0.3 is 0 Å². The van der Waals surface area contributed by atoms with Crippen molar-refractivity contribution in [2.45, 2.75) is 13.0 Å². The summed E-state index contributed by atoms with van der Waals surface area (Å²) in [6.45, 7) is 2.23. The molecule has 1 atom stereocenters. The highest BCUT2D eigenvalue weighted by molar-refractivity contribution is 6.42. The first-order chi connectivity index (χ1) is 10.1. The Morgan fingerprint density at radius 3 is 2.48 bits per heavy atom. The zero-order chi connectivity index (χ0) is 15.2. The Morgan fingerprint density at radius 1 is 1.10 bits per heavy atom. The molecule has 0 fully saturated rings. The van der Waals surface area contributed by atoms with Crippen molar-refractivity contribution >= 4 is 34.8 Å². The van der Waals surface area contributed by atoms with Crippen molar-refractivity contribution in [2.24, 2.45) is 0 Å². The molecule has 21 heavy (non-hydrogen) atoms. The second-order valence-corrected chi connectivity index (χ2v) is 5.50. The molecule has 0 bridgehead atoms. The lowest BCUT2D eigenvalue weighted by molar-refractivity contribution is -0.115. The normalized spacial score (nSPS) is 12.0. The number of hydrogen-bond donors (Lipinski definition) is 2. The van der Waals surface area contributed by atoms with E-state index in [1.165, 1.54) is 0 Å². The van der Waals surface area contributed by atoms with Gasteiger partial charge in [0.1, 0.15) is 0 Å². The fraction of sp³-hybridized carbons (Fsp3) is 0.188. The summed E-state index contributed by atoms with van der Waals surface area (Å²) in [6, 6.07) is 15.1. The molecular weight excluding hydrogens is 307 g/mol. The van der Waals surface area contributed by atoms with E-state index in [1.54, 1.807) is 18.2 Å². The molecule has 0 aliphatic carbocycles. The largest absolute Gasteiger partial charge is 0.325 e. The van der Waals surface area contributed by atoms with Gasteiger partial charge in [-0.15, -0.1) is 0 Å². The Bertz CT molecular complexity index is 617. The predicted octanol–water partition coefficient (Wildman–Crippen LogP) is 4.28. The Labute approximate surface area is 134 Å². The minimum absolute atomic E-state index is 0.103. The molecule has 2 aromatic rings. The van der Waals surface area contributed by atoms with Crippen molar-refractivity contribution in [1.82, 2.24) is 5.32 Å². The van der Waals surface area contributed by atoms with E-state index in [2.05, 4.69) is 10.6 Å². The van der Waals surface area contributed by atoms with Crippen molar-refractivity contribution in [3.05, 3.63) is 64.1 Å². The van der Waals surface area contributed by atoms with Gasteiger partial charge in [-0.3, -0.25) is 4.79 Å². The summed E-state index contributed by atoms with van der Waals surface area (Å²) in [5, 5.41) is 6.83. The standard InChI is InChI=1S/C16H16Cl2N2O/c1-11(12-5-3-2-4-6-12)19-10-16(21)20-13-7-8-14(17)15(18)9-13/h2-9,11,19H,10H2,1H3,(H,20,21). The number of carbonyl (C=O) groups excluding carboxylic acids is 1. The average Bonchev–Trinajstić information content (AvgIpc) is 2.49. The third kappa shape index (κ3) is 4.74. The van der Waals surface area contributed by atoms with Crippen LogP contribution in [0.1, 0.15) is 18.5 Å². The van der Waals surface area contributed by atoms with Crippen LogP contribution in [0.2, 0.25) is 10.0 Å². The minimum Gasteiger partial charge on any atom is -0.325 e. The van der Waals surface area contributed by atoms with Gasteiger partial charge in [0.2, 0.25) is 5.91 Å². The van der Waals surface area contributed by atoms with Gasteiger partial charge in [-0.05, 0) is 30.7 Å². The smallest absolute Gasteiger partial charge is 0.238 e. The highest BCUT2D eigenvalue weighted by Gasteiger charge is 2.08. The van der Waals surface area contributed by atoms with Crippen LogP contribution in [-0.4, -0.2) is 12.5 Å². The first kappa shape index (κ1) is 15.8. The van der Waals surface area contributed by atoms with Gasteiger partial charge < -0.3 is 10.6 Å². The maximum absolute atomic E-state index is 11.9. The summed E-state index contributed by atoms with van der Waals surface area (Å²) in [5.74, 6) is -0.129. The fourth-order valence-corrected chi connectivity index (χ4v) is 2.18. The van der Waals surface area contributed by atoms with Crippen LogP contribution < -0.4 is 10.6 Å². The van der Waals surface area contributed by atoms with Crippen LogP contribution >= 0.6 is 23.2 Å². The molecule has 110 valence electrons. The molecule has 0 spiro atoms. The SMILES string of the molecule is CC(NCC(=O)Nc1ccc(Cl)c(Cl)c1)c1ccccc1. The maximum Gasteiger partial charge on any atom is 0.238 e. The van der Waals surface area contributed by atoms with Gasteiger partial charge in [-0.25, -0.2) is 0 Å². The van der Waals surface area contributed by atoms with Crippen LogP contribution in [-0.2, 0) is 4.79 Å². The number of amides is 1. The van der Waals surface area contributed by atoms with Crippen LogP contribution in [0, 0.1) is 0 Å². The van der Waals surface area contributed by atoms with E-state index in [0.717, 1.165) is 5.56 Å². The molecule has 3 nitrogen and oxygen atoms in total. The van der Waals surface area contributed by atoms with E-state index in [0.29, 0.717) is 15.7 Å². The van der Waals surface area contributed by atoms with Crippen molar-refractivity contribution in [2.75, 3.05) is 11.9 Å². The Hall–Kier alpha value is -1.55. The Kier molecular flexibility index (Phi) is 5.62. The second kappa shape index (κ2) is 7.46. The van der Waals surface area contributed by atoms with E-state index in [4.69, 9.17) is 23.2 Å². The van der Waals surface area contributed by atoms with Crippen molar-refractivity contribution in [3.63, 3.8) is 0 Å². The quantitative estimate of drug-likeness (QED) is 0.862. The molecule has 1 amide bonds. The number of benzene rings is 2. The van der Waals surface area contributed by atoms with Crippen LogP contribution in [0.15, 0.2) is 48.5 Å². The first-order valence-corrected chi connectivity index (χ1v) is 7.35. The second-order valence-electron chi connectivity index (χ2n) is 4.69. The third-order valence-electron chi connectivity index (χ3n) is 3.07. The molecule has 0 aliphatic heterocycles. The van der Waals surface area contributed by atoms with E-state index in [1.807, 2.05) is 37.3 Å². The zero-order valence-corrected chi connectivity index (χ0v) is 13.1. The van der Waals surface area contributed by atoms with E-state index < -0.39 is 0 Å². The Balaban J connectivity index is 1.86. The van der Waals surface area contributed by atoms with Gasteiger partial charge in [0.05, 0.1) is 16.6 Å². The fourth-order valence-electron chi connectivity index (χ4n) is 1.88. The highest BCUT2D eigenvalue weighted by Crippen LogP contribution is 2.24. The summed E-state index contributed by atoms with van der Waals surface area (Å²) < 4.78 is 0. The first-order valence-electron chi connectivity index (χ1n) is 6.59. The molecule has 2 aromatic carbocycles. The molecule has 2 N–H and O–H groups in total. The van der Waals surface area contributed by atoms with Crippen molar-refractivity contribution in [3.8, 4) is 0 Å². The highest BCUT2D eigenvalue weighted by atomic mass is 35.5. The lowest BCUT2D eigenvalue weighted by Crippen LogP contribution is -2.30. The zero-order valence-electron chi connectivity index (χ0n) is 11.6. The number of hydrogen-bond acceptors (Lipinski definition) is 2. The van der Waals surface area contributed by atoms with Crippen molar-refractivity contribution in [1.29, 1.82) is 0 Å². The van der Waals surface area contributed by atoms with Crippen LogP contribution in [0.5, 0.6) is 0 Å². The van der Waals surface area contributed by atoms with Gasteiger partial charge in [0.25, 0.3) is 0 Å². The molecule has 0 saturated carbocycles. The monoisotopic (exact) mass is 322 g/mol. The minimum atomic E-state index is -0.129. The van der Waals surface area contributed by atoms with E-state index in [-0.39, 0.29) is 18.5 Å². The van der Waals surface area contributed by atoms with E-state index in [9.17, 15) is 4.79 Å². The summed E-state index contributed by atoms with van der Waals surface area (Å²) in [7, 11) is 0. The van der Waals surface area contributed by atoms with Crippen LogP contribution in [0.25, 0.3) is 0 Å². The number of anilines is 1. The molecule has 5 heteroatoms. The summed E-state index contributed by atoms with van der Waals surface area (Å²) in [6.07, 6.45) is 0. The number of nitrogens with one attached hydrogen (secondary N) is 2. The lowest BCUT2D eigenvalue weighted by Gasteiger charge is -2.14. The lowest BCUT2D eigenvalue weighted by atomic mass is 10.1. The topological polar surface area (TPSA) is 41.1 Å². The summed E-state index contributed by atoms with van der Waals surface area (Å²) in [4.78, 5) is 11.9. The summed E-state index contributed by atoms with van der Waals surface area (Å²) in [5.41, 5.74) is 1.77. The average molecular weight is 323 g/mol. The van der Waals surface area contributed by atoms with Crippen LogP contribution in [0.3, 0.4) is 0 Å². The molecule has 0 aliphatic rings. The van der Waals surface area contributed by atoms with Gasteiger partial charge in [-0.1, -0.05) is 53.5 Å². The van der Waals surface area contributed by atoms with Crippen molar-refractivity contribution < 1.29 is 4.79 Å². The molecule has 0 heterocycles. The maximum atomic E-state index is 11.9. The summed E-state index contributed by atoms with van der Waals surface area (Å²) >= 11 is 11.7. The number of rotatable bonds is 5. The van der Waals surface area contributed by atoms with E-state index >= 15 is 0 Å².